The molecule has 5 N–H and O–H groups in total. The van der Waals surface area contributed by atoms with Crippen LogP contribution in [0, 0.1) is 10.1 Å². The standard InChI is InChI=1S/C40H31BrN6O8/c41-30-15-7-8-16-31(30)43-39(51)45(33-21-19-27(23-35(33)48)38(50)42-25-26-11-3-1-4-12-26)46(34-22-20-28(47(53)54)24-36(34)49)40(52)44-32-17-9-10-18-37(32)55-29-13-5-2-6-14-29/h1-24,48-49H,25H2,(H,42,50)(H,43,51)(H,44,52). The van der Waals surface area contributed by atoms with E-state index in [1.807, 2.05) is 36.4 Å². The molecule has 0 aliphatic carbocycles. The highest BCUT2D eigenvalue weighted by molar-refractivity contribution is 9.10. The van der Waals surface area contributed by atoms with Gasteiger partial charge in [0, 0.05) is 22.6 Å². The van der Waals surface area contributed by atoms with Crippen LogP contribution in [-0.4, -0.2) is 33.1 Å². The number of non-ortho nitro benzene ring substituents is 1. The monoisotopic (exact) mass is 802 g/mol. The molecule has 0 heterocycles. The van der Waals surface area contributed by atoms with E-state index in [4.69, 9.17) is 4.74 Å². The number of phenolic OH excluding ortho intramolecular Hbond substituents is 2. The molecule has 5 amide bonds. The van der Waals surface area contributed by atoms with E-state index < -0.39 is 45.8 Å². The first kappa shape index (κ1) is 37.4. The van der Waals surface area contributed by atoms with Gasteiger partial charge in [-0.25, -0.2) is 9.59 Å². The number of benzene rings is 6. The molecule has 0 saturated heterocycles. The zero-order chi connectivity index (χ0) is 38.9. The number of hydrogen-bond donors (Lipinski definition) is 5. The Labute approximate surface area is 322 Å². The van der Waals surface area contributed by atoms with E-state index in [9.17, 15) is 34.7 Å². The summed E-state index contributed by atoms with van der Waals surface area (Å²) in [6, 6.07) is 35.5. The van der Waals surface area contributed by atoms with Crippen LogP contribution in [0.15, 0.2) is 150 Å². The van der Waals surface area contributed by atoms with E-state index >= 15 is 0 Å². The van der Waals surface area contributed by atoms with E-state index in [0.717, 1.165) is 34.8 Å². The molecule has 0 saturated carbocycles. The van der Waals surface area contributed by atoms with Crippen LogP contribution in [0.2, 0.25) is 0 Å². The van der Waals surface area contributed by atoms with Crippen LogP contribution >= 0.6 is 15.9 Å². The Morgan fingerprint density at radius 1 is 0.673 bits per heavy atom. The molecule has 6 aromatic carbocycles. The zero-order valence-corrected chi connectivity index (χ0v) is 30.2. The van der Waals surface area contributed by atoms with Crippen molar-refractivity contribution >= 4 is 62.3 Å². The summed E-state index contributed by atoms with van der Waals surface area (Å²) in [6.45, 7) is 0.200. The van der Waals surface area contributed by atoms with Gasteiger partial charge < -0.3 is 30.9 Å². The van der Waals surface area contributed by atoms with Gasteiger partial charge in [0.2, 0.25) is 0 Å². The number of hydrazine groups is 1. The molecule has 0 unspecified atom stereocenters. The third-order valence-electron chi connectivity index (χ3n) is 7.96. The van der Waals surface area contributed by atoms with Gasteiger partial charge >= 0.3 is 12.1 Å². The number of nitro benzene ring substituents is 1. The Morgan fingerprint density at radius 3 is 1.84 bits per heavy atom. The number of carbonyl (C=O) groups excluding carboxylic acids is 3. The number of para-hydroxylation sites is 4. The molecule has 14 nitrogen and oxygen atoms in total. The van der Waals surface area contributed by atoms with Crippen LogP contribution in [0.1, 0.15) is 15.9 Å². The van der Waals surface area contributed by atoms with E-state index in [-0.39, 0.29) is 34.9 Å². The van der Waals surface area contributed by atoms with Crippen molar-refractivity contribution in [2.45, 2.75) is 6.54 Å². The van der Waals surface area contributed by atoms with Gasteiger partial charge in [-0.3, -0.25) is 14.9 Å². The highest BCUT2D eigenvalue weighted by atomic mass is 79.9. The smallest absolute Gasteiger partial charge is 0.346 e. The Hall–Kier alpha value is -7.39. The fourth-order valence-electron chi connectivity index (χ4n) is 5.32. The summed E-state index contributed by atoms with van der Waals surface area (Å²) in [6.07, 6.45) is 0. The van der Waals surface area contributed by atoms with Crippen molar-refractivity contribution in [3.63, 3.8) is 0 Å². The van der Waals surface area contributed by atoms with Gasteiger partial charge in [-0.2, -0.15) is 10.0 Å². The van der Waals surface area contributed by atoms with Gasteiger partial charge in [0.25, 0.3) is 11.6 Å². The molecule has 0 aliphatic rings. The second kappa shape index (κ2) is 17.0. The minimum Gasteiger partial charge on any atom is -0.506 e. The summed E-state index contributed by atoms with van der Waals surface area (Å²) < 4.78 is 6.49. The Kier molecular flexibility index (Phi) is 11.5. The average Bonchev–Trinajstić information content (AvgIpc) is 3.18. The first-order valence-electron chi connectivity index (χ1n) is 16.5. The second-order valence-electron chi connectivity index (χ2n) is 11.7. The SMILES string of the molecule is O=C(NCc1ccccc1)c1ccc(N(C(=O)Nc2ccccc2Br)N(C(=O)Nc2ccccc2Oc2ccccc2)c2ccc([N+](=O)[O-])cc2O)c(O)c1. The quantitative estimate of drug-likeness (QED) is 0.0670. The number of halogens is 1. The maximum absolute atomic E-state index is 14.6. The van der Waals surface area contributed by atoms with Crippen molar-refractivity contribution in [2.24, 2.45) is 0 Å². The number of phenols is 2. The average molecular weight is 804 g/mol. The van der Waals surface area contributed by atoms with Crippen molar-refractivity contribution in [3.05, 3.63) is 171 Å². The lowest BCUT2D eigenvalue weighted by Crippen LogP contribution is -2.54. The predicted octanol–water partition coefficient (Wildman–Crippen LogP) is 9.18. The maximum Gasteiger partial charge on any atom is 0.346 e. The second-order valence-corrected chi connectivity index (χ2v) is 12.5. The van der Waals surface area contributed by atoms with E-state index in [2.05, 4.69) is 31.9 Å². The number of nitro groups is 1. The Balaban J connectivity index is 1.44. The first-order valence-corrected chi connectivity index (χ1v) is 17.3. The molecule has 0 atom stereocenters. The number of aromatic hydroxyl groups is 2. The minimum atomic E-state index is -1.07. The third-order valence-corrected chi connectivity index (χ3v) is 8.65. The fourth-order valence-corrected chi connectivity index (χ4v) is 5.70. The van der Waals surface area contributed by atoms with Gasteiger partial charge in [-0.1, -0.05) is 72.8 Å². The van der Waals surface area contributed by atoms with Crippen LogP contribution < -0.4 is 30.7 Å². The maximum atomic E-state index is 14.6. The molecule has 55 heavy (non-hydrogen) atoms. The molecule has 0 spiro atoms. The van der Waals surface area contributed by atoms with E-state index in [0.29, 0.717) is 15.2 Å². The van der Waals surface area contributed by atoms with Crippen LogP contribution in [0.4, 0.5) is 38.0 Å². The van der Waals surface area contributed by atoms with Crippen LogP contribution in [0.3, 0.4) is 0 Å². The highest BCUT2D eigenvalue weighted by Crippen LogP contribution is 2.39. The summed E-state index contributed by atoms with van der Waals surface area (Å²) in [4.78, 5) is 53.0. The van der Waals surface area contributed by atoms with Crippen LogP contribution in [0.5, 0.6) is 23.0 Å². The first-order chi connectivity index (χ1) is 26.6. The minimum absolute atomic E-state index is 0.0320. The largest absolute Gasteiger partial charge is 0.506 e. The third kappa shape index (κ3) is 8.98. The summed E-state index contributed by atoms with van der Waals surface area (Å²) in [7, 11) is 0. The molecular formula is C40H31BrN6O8. The van der Waals surface area contributed by atoms with Gasteiger partial charge in [0.15, 0.2) is 5.75 Å². The zero-order valence-electron chi connectivity index (χ0n) is 28.6. The molecule has 6 aromatic rings. The molecular weight excluding hydrogens is 772 g/mol. The lowest BCUT2D eigenvalue weighted by atomic mass is 10.1. The number of nitrogens with zero attached hydrogens (tertiary/aromatic N) is 3. The Bertz CT molecular complexity index is 2360. The molecule has 0 aliphatic heterocycles. The van der Waals surface area contributed by atoms with Crippen molar-refractivity contribution in [3.8, 4) is 23.0 Å². The number of amides is 5. The summed E-state index contributed by atoms with van der Waals surface area (Å²) >= 11 is 3.39. The molecule has 0 aromatic heterocycles. The predicted molar refractivity (Wildman–Crippen MR) is 211 cm³/mol. The number of nitrogens with one attached hydrogen (secondary N) is 3. The van der Waals surface area contributed by atoms with Gasteiger partial charge in [0.05, 0.1) is 22.4 Å². The number of ether oxygens (including phenoxy) is 1. The molecule has 0 fully saturated rings. The molecule has 0 radical (unpaired) electrons. The molecule has 276 valence electrons. The lowest BCUT2D eigenvalue weighted by molar-refractivity contribution is -0.384. The molecule has 15 heteroatoms. The van der Waals surface area contributed by atoms with E-state index in [1.165, 1.54) is 18.2 Å². The normalized spacial score (nSPS) is 10.5. The van der Waals surface area contributed by atoms with Gasteiger partial charge in [-0.15, -0.1) is 0 Å². The van der Waals surface area contributed by atoms with Crippen molar-refractivity contribution in [1.82, 2.24) is 5.32 Å². The Morgan fingerprint density at radius 2 is 1.22 bits per heavy atom. The number of urea groups is 2. The van der Waals surface area contributed by atoms with E-state index in [1.54, 1.807) is 66.7 Å². The number of anilines is 4. The highest BCUT2D eigenvalue weighted by Gasteiger charge is 2.35. The molecule has 6 rings (SSSR count). The lowest BCUT2D eigenvalue weighted by Gasteiger charge is -2.35. The number of rotatable bonds is 10. The van der Waals surface area contributed by atoms with Crippen LogP contribution in [0.25, 0.3) is 0 Å². The van der Waals surface area contributed by atoms with Crippen molar-refractivity contribution in [2.75, 3.05) is 20.7 Å². The fraction of sp³-hybridized carbons (Fsp3) is 0.0250. The number of carbonyl (C=O) groups is 3. The summed E-state index contributed by atoms with van der Waals surface area (Å²) in [5.74, 6) is -1.23. The summed E-state index contributed by atoms with van der Waals surface area (Å²) in [5.41, 5.74) is 0.0757. The number of hydrogen-bond acceptors (Lipinski definition) is 8. The summed E-state index contributed by atoms with van der Waals surface area (Å²) in [5, 5.41) is 43.8. The molecule has 0 bridgehead atoms. The van der Waals surface area contributed by atoms with Crippen molar-refractivity contribution in [1.29, 1.82) is 0 Å². The van der Waals surface area contributed by atoms with Gasteiger partial charge in [0.1, 0.15) is 28.6 Å². The topological polar surface area (TPSA) is 187 Å². The van der Waals surface area contributed by atoms with Crippen LogP contribution in [-0.2, 0) is 6.54 Å². The van der Waals surface area contributed by atoms with Gasteiger partial charge in [-0.05, 0) is 82.2 Å². The van der Waals surface area contributed by atoms with Crippen molar-refractivity contribution < 1.29 is 34.3 Å².